The molecule has 1 aromatic carbocycles. The van der Waals surface area contributed by atoms with Gasteiger partial charge in [-0.1, -0.05) is 25.1 Å². The minimum atomic E-state index is -0.451. The third-order valence-electron chi connectivity index (χ3n) is 4.12. The SMILES string of the molecule is C[C@@H]1CCc2c(sc(NC(=O)CSc3ccccc3)c2C(N)=O)C1. The zero-order valence-corrected chi connectivity index (χ0v) is 15.1. The maximum absolute atomic E-state index is 12.3. The Morgan fingerprint density at radius 3 is 2.79 bits per heavy atom. The highest BCUT2D eigenvalue weighted by atomic mass is 32.2. The van der Waals surface area contributed by atoms with E-state index in [-0.39, 0.29) is 5.91 Å². The monoisotopic (exact) mass is 360 g/mol. The van der Waals surface area contributed by atoms with Crippen molar-refractivity contribution in [3.05, 3.63) is 46.3 Å². The van der Waals surface area contributed by atoms with Crippen LogP contribution in [0.4, 0.5) is 5.00 Å². The fourth-order valence-electron chi connectivity index (χ4n) is 2.93. The van der Waals surface area contributed by atoms with E-state index in [2.05, 4.69) is 12.2 Å². The molecule has 6 heteroatoms. The first-order chi connectivity index (χ1) is 11.5. The Hall–Kier alpha value is -1.79. The number of thiophene rings is 1. The molecular formula is C18H20N2O2S2. The van der Waals surface area contributed by atoms with Gasteiger partial charge in [-0.05, 0) is 42.9 Å². The van der Waals surface area contributed by atoms with Crippen LogP contribution >= 0.6 is 23.1 Å². The summed E-state index contributed by atoms with van der Waals surface area (Å²) in [4.78, 5) is 26.4. The van der Waals surface area contributed by atoms with Crippen LogP contribution in [0.5, 0.6) is 0 Å². The van der Waals surface area contributed by atoms with E-state index >= 15 is 0 Å². The predicted octanol–water partition coefficient (Wildman–Crippen LogP) is 3.70. The van der Waals surface area contributed by atoms with Gasteiger partial charge in [-0.3, -0.25) is 9.59 Å². The minimum Gasteiger partial charge on any atom is -0.365 e. The topological polar surface area (TPSA) is 72.2 Å². The highest BCUT2D eigenvalue weighted by molar-refractivity contribution is 8.00. The molecule has 0 bridgehead atoms. The lowest BCUT2D eigenvalue weighted by Crippen LogP contribution is -2.20. The Morgan fingerprint density at radius 2 is 2.08 bits per heavy atom. The average molecular weight is 361 g/mol. The Balaban J connectivity index is 1.72. The second-order valence-corrected chi connectivity index (χ2v) is 8.22. The van der Waals surface area contributed by atoms with E-state index in [4.69, 9.17) is 5.73 Å². The first kappa shape index (κ1) is 17.0. The molecule has 1 aliphatic carbocycles. The van der Waals surface area contributed by atoms with Crippen LogP contribution in [0.3, 0.4) is 0 Å². The Kier molecular flexibility index (Phi) is 5.26. The van der Waals surface area contributed by atoms with Crippen molar-refractivity contribution in [1.29, 1.82) is 0 Å². The van der Waals surface area contributed by atoms with Gasteiger partial charge in [0.15, 0.2) is 0 Å². The number of fused-ring (bicyclic) bond motifs is 1. The molecule has 0 unspecified atom stereocenters. The highest BCUT2D eigenvalue weighted by Gasteiger charge is 2.27. The largest absolute Gasteiger partial charge is 0.365 e. The van der Waals surface area contributed by atoms with Crippen molar-refractivity contribution >= 4 is 39.9 Å². The van der Waals surface area contributed by atoms with Gasteiger partial charge in [0, 0.05) is 9.77 Å². The van der Waals surface area contributed by atoms with E-state index in [1.807, 2.05) is 30.3 Å². The van der Waals surface area contributed by atoms with Crippen molar-refractivity contribution in [3.63, 3.8) is 0 Å². The smallest absolute Gasteiger partial charge is 0.251 e. The number of nitrogens with one attached hydrogen (secondary N) is 1. The number of carbonyl (C=O) groups excluding carboxylic acids is 2. The number of nitrogens with two attached hydrogens (primary N) is 1. The number of hydrogen-bond acceptors (Lipinski definition) is 4. The number of thioether (sulfide) groups is 1. The average Bonchev–Trinajstić information content (AvgIpc) is 2.90. The number of amides is 2. The van der Waals surface area contributed by atoms with Crippen molar-refractivity contribution in [2.45, 2.75) is 31.1 Å². The Bertz CT molecular complexity index is 756. The second kappa shape index (κ2) is 7.40. The fraction of sp³-hybridized carbons (Fsp3) is 0.333. The molecule has 0 fully saturated rings. The summed E-state index contributed by atoms with van der Waals surface area (Å²) in [5.41, 5.74) is 7.12. The maximum atomic E-state index is 12.3. The number of anilines is 1. The molecule has 126 valence electrons. The van der Waals surface area contributed by atoms with E-state index in [9.17, 15) is 9.59 Å². The molecule has 0 saturated carbocycles. The van der Waals surface area contributed by atoms with Crippen LogP contribution in [-0.2, 0) is 17.6 Å². The van der Waals surface area contributed by atoms with Gasteiger partial charge in [0.25, 0.3) is 5.91 Å². The lowest BCUT2D eigenvalue weighted by atomic mass is 9.88. The molecule has 0 saturated heterocycles. The third kappa shape index (κ3) is 3.82. The summed E-state index contributed by atoms with van der Waals surface area (Å²) in [7, 11) is 0. The summed E-state index contributed by atoms with van der Waals surface area (Å²) in [5, 5.41) is 3.50. The summed E-state index contributed by atoms with van der Waals surface area (Å²) in [6.07, 6.45) is 2.87. The molecule has 1 aliphatic rings. The van der Waals surface area contributed by atoms with Gasteiger partial charge < -0.3 is 11.1 Å². The lowest BCUT2D eigenvalue weighted by molar-refractivity contribution is -0.113. The molecule has 0 spiro atoms. The van der Waals surface area contributed by atoms with Crippen molar-refractivity contribution < 1.29 is 9.59 Å². The molecule has 1 atom stereocenters. The Labute approximate surface area is 149 Å². The van der Waals surface area contributed by atoms with Gasteiger partial charge >= 0.3 is 0 Å². The summed E-state index contributed by atoms with van der Waals surface area (Å²) < 4.78 is 0. The summed E-state index contributed by atoms with van der Waals surface area (Å²) in [5.74, 6) is 0.349. The number of rotatable bonds is 5. The molecule has 2 amide bonds. The number of hydrogen-bond donors (Lipinski definition) is 2. The van der Waals surface area contributed by atoms with E-state index in [0.29, 0.717) is 22.2 Å². The van der Waals surface area contributed by atoms with Crippen LogP contribution in [0.25, 0.3) is 0 Å². The fourth-order valence-corrected chi connectivity index (χ4v) is 5.08. The molecule has 0 radical (unpaired) electrons. The zero-order chi connectivity index (χ0) is 17.1. The molecule has 1 aromatic heterocycles. The van der Waals surface area contributed by atoms with E-state index in [1.54, 1.807) is 0 Å². The first-order valence-electron chi connectivity index (χ1n) is 7.96. The van der Waals surface area contributed by atoms with Crippen molar-refractivity contribution in [2.75, 3.05) is 11.1 Å². The number of primary amides is 1. The van der Waals surface area contributed by atoms with Crippen LogP contribution in [0.15, 0.2) is 35.2 Å². The normalized spacial score (nSPS) is 16.5. The molecular weight excluding hydrogens is 340 g/mol. The maximum Gasteiger partial charge on any atom is 0.251 e. The molecule has 3 N–H and O–H groups in total. The molecule has 4 nitrogen and oxygen atoms in total. The van der Waals surface area contributed by atoms with Gasteiger partial charge in [-0.15, -0.1) is 23.1 Å². The van der Waals surface area contributed by atoms with Crippen LogP contribution in [0.2, 0.25) is 0 Å². The van der Waals surface area contributed by atoms with Crippen LogP contribution in [0.1, 0.15) is 34.1 Å². The van der Waals surface area contributed by atoms with Crippen molar-refractivity contribution in [3.8, 4) is 0 Å². The summed E-state index contributed by atoms with van der Waals surface area (Å²) in [6.45, 7) is 2.21. The van der Waals surface area contributed by atoms with Gasteiger partial charge in [0.05, 0.1) is 11.3 Å². The van der Waals surface area contributed by atoms with Crippen LogP contribution in [0, 0.1) is 5.92 Å². The van der Waals surface area contributed by atoms with Crippen LogP contribution in [-0.4, -0.2) is 17.6 Å². The van der Waals surface area contributed by atoms with Gasteiger partial charge in [0.1, 0.15) is 5.00 Å². The number of carbonyl (C=O) groups is 2. The minimum absolute atomic E-state index is 0.113. The van der Waals surface area contributed by atoms with Crippen LogP contribution < -0.4 is 11.1 Å². The molecule has 1 heterocycles. The molecule has 24 heavy (non-hydrogen) atoms. The van der Waals surface area contributed by atoms with E-state index in [1.165, 1.54) is 28.0 Å². The third-order valence-corrected chi connectivity index (χ3v) is 6.31. The molecule has 3 rings (SSSR count). The quantitative estimate of drug-likeness (QED) is 0.799. The standard InChI is InChI=1S/C18H20N2O2S2/c1-11-7-8-13-14(9-11)24-18(16(13)17(19)22)20-15(21)10-23-12-5-3-2-4-6-12/h2-6,11H,7-10H2,1H3,(H2,19,22)(H,20,21)/t11-/m1/s1. The summed E-state index contributed by atoms with van der Waals surface area (Å²) >= 11 is 2.98. The summed E-state index contributed by atoms with van der Waals surface area (Å²) in [6, 6.07) is 9.77. The second-order valence-electron chi connectivity index (χ2n) is 6.07. The molecule has 2 aromatic rings. The van der Waals surface area contributed by atoms with E-state index in [0.717, 1.165) is 29.7 Å². The van der Waals surface area contributed by atoms with Crippen molar-refractivity contribution in [1.82, 2.24) is 0 Å². The van der Waals surface area contributed by atoms with Gasteiger partial charge in [0.2, 0.25) is 5.91 Å². The highest BCUT2D eigenvalue weighted by Crippen LogP contribution is 2.39. The van der Waals surface area contributed by atoms with Crippen molar-refractivity contribution in [2.24, 2.45) is 11.7 Å². The Morgan fingerprint density at radius 1 is 1.33 bits per heavy atom. The zero-order valence-electron chi connectivity index (χ0n) is 13.5. The van der Waals surface area contributed by atoms with Gasteiger partial charge in [-0.2, -0.15) is 0 Å². The van der Waals surface area contributed by atoms with Gasteiger partial charge in [-0.25, -0.2) is 0 Å². The number of benzene rings is 1. The van der Waals surface area contributed by atoms with E-state index < -0.39 is 5.91 Å². The predicted molar refractivity (Wildman–Crippen MR) is 99.8 cm³/mol. The molecule has 0 aliphatic heterocycles. The lowest BCUT2D eigenvalue weighted by Gasteiger charge is -2.18. The first-order valence-corrected chi connectivity index (χ1v) is 9.77.